The third-order valence-corrected chi connectivity index (χ3v) is 1.39. The van der Waals surface area contributed by atoms with Crippen LogP contribution in [0.1, 0.15) is 6.42 Å². The number of nitrogens with one attached hydrogen (secondary N) is 1. The number of hydrogen-bond acceptors (Lipinski definition) is 2. The summed E-state index contributed by atoms with van der Waals surface area (Å²) in [5.41, 5.74) is -1.53. The summed E-state index contributed by atoms with van der Waals surface area (Å²) in [5, 5.41) is 11.5. The fourth-order valence-corrected chi connectivity index (χ4v) is 0.754. The van der Waals surface area contributed by atoms with Crippen molar-refractivity contribution in [2.24, 2.45) is 0 Å². The van der Waals surface area contributed by atoms with Crippen LogP contribution in [-0.2, 0) is 4.79 Å². The van der Waals surface area contributed by atoms with E-state index >= 15 is 0 Å². The Morgan fingerprint density at radius 3 is 2.78 bits per heavy atom. The zero-order valence-corrected chi connectivity index (χ0v) is 4.85. The van der Waals surface area contributed by atoms with Gasteiger partial charge in [-0.05, 0) is 0 Å². The predicted octanol–water partition coefficient (Wildman–Crippen LogP) is -1.13. The molecule has 1 fully saturated rings. The van der Waals surface area contributed by atoms with E-state index in [4.69, 9.17) is 11.5 Å². The molecule has 0 aromatic heterocycles. The van der Waals surface area contributed by atoms with Crippen LogP contribution in [0, 0.1) is 12.3 Å². The second kappa shape index (κ2) is 1.74. The molecule has 1 aliphatic heterocycles. The van der Waals surface area contributed by atoms with Gasteiger partial charge in [0.05, 0.1) is 0 Å². The van der Waals surface area contributed by atoms with Gasteiger partial charge in [-0.1, -0.05) is 5.92 Å². The molecule has 0 aromatic carbocycles. The summed E-state index contributed by atoms with van der Waals surface area (Å²) in [6.07, 6.45) is 5.22. The van der Waals surface area contributed by atoms with E-state index in [9.17, 15) is 4.79 Å². The lowest BCUT2D eigenvalue weighted by molar-refractivity contribution is -0.130. The first-order chi connectivity index (χ1) is 4.19. The lowest BCUT2D eigenvalue weighted by Crippen LogP contribution is -2.35. The van der Waals surface area contributed by atoms with Gasteiger partial charge in [0.2, 0.25) is 5.60 Å². The molecule has 9 heavy (non-hydrogen) atoms. The molecule has 3 heteroatoms. The molecule has 0 aromatic rings. The SMILES string of the molecule is C#CC1(O)CCNC1=O. The van der Waals surface area contributed by atoms with Gasteiger partial charge in [0.25, 0.3) is 5.91 Å². The summed E-state index contributed by atoms with van der Waals surface area (Å²) in [6.45, 7) is 0.472. The topological polar surface area (TPSA) is 49.3 Å². The fraction of sp³-hybridized carbons (Fsp3) is 0.500. The Bertz CT molecular complexity index is 182. The molecule has 1 atom stereocenters. The Hall–Kier alpha value is -1.01. The van der Waals surface area contributed by atoms with Crippen LogP contribution in [0.2, 0.25) is 0 Å². The van der Waals surface area contributed by atoms with Crippen molar-refractivity contribution >= 4 is 5.91 Å². The third-order valence-electron chi connectivity index (χ3n) is 1.39. The number of carbonyl (C=O) groups excluding carboxylic acids is 1. The highest BCUT2D eigenvalue weighted by Crippen LogP contribution is 2.13. The monoisotopic (exact) mass is 125 g/mol. The van der Waals surface area contributed by atoms with Gasteiger partial charge >= 0.3 is 0 Å². The average molecular weight is 125 g/mol. The van der Waals surface area contributed by atoms with E-state index in [-0.39, 0.29) is 0 Å². The van der Waals surface area contributed by atoms with E-state index in [2.05, 4.69) is 5.32 Å². The highest BCUT2D eigenvalue weighted by molar-refractivity contribution is 5.90. The van der Waals surface area contributed by atoms with Gasteiger partial charge in [-0.2, -0.15) is 0 Å². The molecular formula is C6H7NO2. The molecule has 48 valence electrons. The summed E-state index contributed by atoms with van der Waals surface area (Å²) in [4.78, 5) is 10.6. The van der Waals surface area contributed by atoms with Crippen molar-refractivity contribution in [3.63, 3.8) is 0 Å². The maximum absolute atomic E-state index is 10.6. The third kappa shape index (κ3) is 0.775. The molecule has 3 nitrogen and oxygen atoms in total. The zero-order valence-electron chi connectivity index (χ0n) is 4.85. The van der Waals surface area contributed by atoms with Crippen LogP contribution in [0.4, 0.5) is 0 Å². The van der Waals surface area contributed by atoms with Crippen molar-refractivity contribution in [3.8, 4) is 12.3 Å². The zero-order chi connectivity index (χ0) is 6.91. The summed E-state index contributed by atoms with van der Waals surface area (Å²) in [5.74, 6) is 1.58. The first-order valence-corrected chi connectivity index (χ1v) is 2.67. The molecule has 1 aliphatic rings. The van der Waals surface area contributed by atoms with Crippen LogP contribution < -0.4 is 5.32 Å². The maximum Gasteiger partial charge on any atom is 0.264 e. The number of carbonyl (C=O) groups is 1. The number of rotatable bonds is 0. The lowest BCUT2D eigenvalue weighted by atomic mass is 10.1. The minimum absolute atomic E-state index is 0.322. The average Bonchev–Trinajstić information content (AvgIpc) is 2.15. The quantitative estimate of drug-likeness (QED) is 0.402. The van der Waals surface area contributed by atoms with Crippen LogP contribution >= 0.6 is 0 Å². The molecule has 1 heterocycles. The standard InChI is InChI=1S/C6H7NO2/c1-2-6(9)3-4-7-5(6)8/h1,9H,3-4H2,(H,7,8). The molecule has 0 spiro atoms. The molecular weight excluding hydrogens is 118 g/mol. The van der Waals surface area contributed by atoms with E-state index in [1.807, 2.05) is 5.92 Å². The smallest absolute Gasteiger partial charge is 0.264 e. The Kier molecular flexibility index (Phi) is 1.19. The van der Waals surface area contributed by atoms with Gasteiger partial charge < -0.3 is 10.4 Å². The number of hydrogen-bond donors (Lipinski definition) is 2. The molecule has 1 saturated heterocycles. The van der Waals surface area contributed by atoms with Crippen molar-refractivity contribution < 1.29 is 9.90 Å². The largest absolute Gasteiger partial charge is 0.369 e. The number of amides is 1. The molecule has 0 bridgehead atoms. The Morgan fingerprint density at radius 2 is 2.56 bits per heavy atom. The first-order valence-electron chi connectivity index (χ1n) is 2.67. The van der Waals surface area contributed by atoms with Crippen molar-refractivity contribution in [3.05, 3.63) is 0 Å². The van der Waals surface area contributed by atoms with Gasteiger partial charge in [-0.25, -0.2) is 0 Å². The minimum Gasteiger partial charge on any atom is -0.369 e. The number of aliphatic hydroxyl groups is 1. The molecule has 0 saturated carbocycles. The van der Waals surface area contributed by atoms with E-state index in [0.717, 1.165) is 0 Å². The van der Waals surface area contributed by atoms with Crippen molar-refractivity contribution in [2.45, 2.75) is 12.0 Å². The second-order valence-corrected chi connectivity index (χ2v) is 2.01. The Labute approximate surface area is 53.1 Å². The van der Waals surface area contributed by atoms with Gasteiger partial charge in [0.1, 0.15) is 0 Å². The highest BCUT2D eigenvalue weighted by atomic mass is 16.3. The van der Waals surface area contributed by atoms with Gasteiger partial charge in [-0.15, -0.1) is 6.42 Å². The van der Waals surface area contributed by atoms with Gasteiger partial charge in [-0.3, -0.25) is 4.79 Å². The summed E-state index contributed by atoms with van der Waals surface area (Å²) < 4.78 is 0. The second-order valence-electron chi connectivity index (χ2n) is 2.01. The maximum atomic E-state index is 10.6. The van der Waals surface area contributed by atoms with Crippen molar-refractivity contribution in [1.82, 2.24) is 5.32 Å². The lowest BCUT2D eigenvalue weighted by Gasteiger charge is -2.08. The fourth-order valence-electron chi connectivity index (χ4n) is 0.754. The minimum atomic E-state index is -1.53. The normalized spacial score (nSPS) is 33.6. The summed E-state index contributed by atoms with van der Waals surface area (Å²) in [6, 6.07) is 0. The van der Waals surface area contributed by atoms with Crippen LogP contribution in [-0.4, -0.2) is 23.2 Å². The molecule has 1 unspecified atom stereocenters. The van der Waals surface area contributed by atoms with Gasteiger partial charge in [0.15, 0.2) is 0 Å². The van der Waals surface area contributed by atoms with Crippen LogP contribution in [0.15, 0.2) is 0 Å². The molecule has 0 aliphatic carbocycles. The van der Waals surface area contributed by atoms with Crippen molar-refractivity contribution in [2.75, 3.05) is 6.54 Å². The molecule has 2 N–H and O–H groups in total. The van der Waals surface area contributed by atoms with Gasteiger partial charge in [0, 0.05) is 13.0 Å². The van der Waals surface area contributed by atoms with E-state index in [1.54, 1.807) is 0 Å². The van der Waals surface area contributed by atoms with E-state index in [0.29, 0.717) is 13.0 Å². The van der Waals surface area contributed by atoms with Crippen molar-refractivity contribution in [1.29, 1.82) is 0 Å². The Balaban J connectivity index is 2.82. The van der Waals surface area contributed by atoms with Crippen LogP contribution in [0.25, 0.3) is 0 Å². The summed E-state index contributed by atoms with van der Waals surface area (Å²) >= 11 is 0. The molecule has 1 rings (SSSR count). The summed E-state index contributed by atoms with van der Waals surface area (Å²) in [7, 11) is 0. The van der Waals surface area contributed by atoms with Crippen LogP contribution in [0.3, 0.4) is 0 Å². The molecule has 1 amide bonds. The number of terminal acetylenes is 1. The highest BCUT2D eigenvalue weighted by Gasteiger charge is 2.38. The van der Waals surface area contributed by atoms with E-state index in [1.165, 1.54) is 0 Å². The first kappa shape index (κ1) is 6.12. The van der Waals surface area contributed by atoms with E-state index < -0.39 is 11.5 Å². The predicted molar refractivity (Wildman–Crippen MR) is 31.4 cm³/mol. The molecule has 0 radical (unpaired) electrons. The Morgan fingerprint density at radius 1 is 1.89 bits per heavy atom. The van der Waals surface area contributed by atoms with Crippen LogP contribution in [0.5, 0.6) is 0 Å².